The Morgan fingerprint density at radius 3 is 2.71 bits per heavy atom. The molecule has 14 heavy (non-hydrogen) atoms. The number of nitrogens with one attached hydrogen (secondary N) is 1. The van der Waals surface area contributed by atoms with E-state index in [0.29, 0.717) is 5.95 Å². The fourth-order valence-electron chi connectivity index (χ4n) is 1.49. The number of anilines is 1. The molecule has 1 aromatic heterocycles. The topological polar surface area (TPSA) is 47.0 Å². The first-order chi connectivity index (χ1) is 6.68. The lowest BCUT2D eigenvalue weighted by Crippen LogP contribution is -2.35. The van der Waals surface area contributed by atoms with Crippen molar-refractivity contribution in [1.82, 2.24) is 9.97 Å². The zero-order chi connectivity index (χ0) is 10.0. The molecule has 0 aliphatic carbocycles. The maximum absolute atomic E-state index is 5.34. The lowest BCUT2D eigenvalue weighted by molar-refractivity contribution is 0.185. The lowest BCUT2D eigenvalue weighted by Gasteiger charge is -2.23. The van der Waals surface area contributed by atoms with Crippen molar-refractivity contribution in [2.24, 2.45) is 0 Å². The second-order valence-corrected chi connectivity index (χ2v) is 4.07. The van der Waals surface area contributed by atoms with E-state index in [9.17, 15) is 0 Å². The van der Waals surface area contributed by atoms with Crippen LogP contribution in [0, 0.1) is 6.92 Å². The van der Waals surface area contributed by atoms with Gasteiger partial charge in [-0.25, -0.2) is 9.97 Å². The Hall–Kier alpha value is -1.16. The average molecular weight is 193 g/mol. The minimum atomic E-state index is -0.00470. The molecule has 1 unspecified atom stereocenters. The standard InChI is InChI=1S/C10H15N3O/c1-8-5-11-9(12-6-8)13-10(2)3-4-14-7-10/h5-6H,3-4,7H2,1-2H3,(H,11,12,13). The quantitative estimate of drug-likeness (QED) is 0.770. The summed E-state index contributed by atoms with van der Waals surface area (Å²) < 4.78 is 5.34. The van der Waals surface area contributed by atoms with Gasteiger partial charge in [0.25, 0.3) is 0 Å². The number of nitrogens with zero attached hydrogens (tertiary/aromatic N) is 2. The Bertz CT molecular complexity index is 304. The monoisotopic (exact) mass is 193 g/mol. The Kier molecular flexibility index (Phi) is 2.37. The largest absolute Gasteiger partial charge is 0.379 e. The minimum Gasteiger partial charge on any atom is -0.379 e. The van der Waals surface area contributed by atoms with E-state index >= 15 is 0 Å². The molecule has 4 heteroatoms. The van der Waals surface area contributed by atoms with Crippen molar-refractivity contribution >= 4 is 5.95 Å². The van der Waals surface area contributed by atoms with Crippen LogP contribution in [0.2, 0.25) is 0 Å². The van der Waals surface area contributed by atoms with Crippen molar-refractivity contribution in [3.63, 3.8) is 0 Å². The molecule has 2 heterocycles. The van der Waals surface area contributed by atoms with Gasteiger partial charge in [-0.15, -0.1) is 0 Å². The summed E-state index contributed by atoms with van der Waals surface area (Å²) in [7, 11) is 0. The van der Waals surface area contributed by atoms with Crippen LogP contribution in [0.15, 0.2) is 12.4 Å². The van der Waals surface area contributed by atoms with Gasteiger partial charge in [-0.2, -0.15) is 0 Å². The molecule has 4 nitrogen and oxygen atoms in total. The zero-order valence-electron chi connectivity index (χ0n) is 8.58. The van der Waals surface area contributed by atoms with Gasteiger partial charge in [-0.1, -0.05) is 0 Å². The maximum Gasteiger partial charge on any atom is 0.223 e. The predicted octanol–water partition coefficient (Wildman–Crippen LogP) is 1.38. The van der Waals surface area contributed by atoms with Gasteiger partial charge in [-0.3, -0.25) is 0 Å². The maximum atomic E-state index is 5.34. The fourth-order valence-corrected chi connectivity index (χ4v) is 1.49. The zero-order valence-corrected chi connectivity index (χ0v) is 8.58. The summed E-state index contributed by atoms with van der Waals surface area (Å²) in [5.74, 6) is 0.684. The normalized spacial score (nSPS) is 26.4. The number of ether oxygens (including phenoxy) is 1. The van der Waals surface area contributed by atoms with Gasteiger partial charge in [0.2, 0.25) is 5.95 Å². The molecule has 1 N–H and O–H groups in total. The molecule has 1 aromatic rings. The van der Waals surface area contributed by atoms with Crippen LogP contribution in [-0.4, -0.2) is 28.7 Å². The van der Waals surface area contributed by atoms with E-state index < -0.39 is 0 Å². The van der Waals surface area contributed by atoms with Crippen molar-refractivity contribution in [2.75, 3.05) is 18.5 Å². The van der Waals surface area contributed by atoms with E-state index in [2.05, 4.69) is 22.2 Å². The van der Waals surface area contributed by atoms with Gasteiger partial charge in [0, 0.05) is 19.0 Å². The van der Waals surface area contributed by atoms with Gasteiger partial charge < -0.3 is 10.1 Å². The number of aromatic nitrogens is 2. The number of rotatable bonds is 2. The van der Waals surface area contributed by atoms with Gasteiger partial charge in [0.1, 0.15) is 0 Å². The highest BCUT2D eigenvalue weighted by Gasteiger charge is 2.29. The average Bonchev–Trinajstić information content (AvgIpc) is 2.57. The molecular formula is C10H15N3O. The molecule has 1 fully saturated rings. The summed E-state index contributed by atoms with van der Waals surface area (Å²) in [6.45, 7) is 5.65. The highest BCUT2D eigenvalue weighted by Crippen LogP contribution is 2.21. The Balaban J connectivity index is 2.06. The van der Waals surface area contributed by atoms with Crippen LogP contribution >= 0.6 is 0 Å². The van der Waals surface area contributed by atoms with Crippen molar-refractivity contribution in [3.8, 4) is 0 Å². The molecule has 0 radical (unpaired) electrons. The Morgan fingerprint density at radius 1 is 1.43 bits per heavy atom. The fraction of sp³-hybridized carbons (Fsp3) is 0.600. The summed E-state index contributed by atoms with van der Waals surface area (Å²) in [5, 5.41) is 3.30. The number of hydrogen-bond donors (Lipinski definition) is 1. The van der Waals surface area contributed by atoms with Crippen LogP contribution in [0.4, 0.5) is 5.95 Å². The molecule has 2 rings (SSSR count). The van der Waals surface area contributed by atoms with Gasteiger partial charge in [0.15, 0.2) is 0 Å². The van der Waals surface area contributed by atoms with Crippen LogP contribution in [0.5, 0.6) is 0 Å². The van der Waals surface area contributed by atoms with Gasteiger partial charge >= 0.3 is 0 Å². The van der Waals surface area contributed by atoms with E-state index in [1.165, 1.54) is 0 Å². The molecule has 1 saturated heterocycles. The summed E-state index contributed by atoms with van der Waals surface area (Å²) in [6, 6.07) is 0. The molecule has 0 aromatic carbocycles. The second kappa shape index (κ2) is 3.53. The lowest BCUT2D eigenvalue weighted by atomic mass is 10.0. The van der Waals surface area contributed by atoms with Crippen LogP contribution in [0.25, 0.3) is 0 Å². The van der Waals surface area contributed by atoms with Crippen molar-refractivity contribution in [1.29, 1.82) is 0 Å². The molecule has 0 amide bonds. The van der Waals surface area contributed by atoms with E-state index in [-0.39, 0.29) is 5.54 Å². The SMILES string of the molecule is Cc1cnc(NC2(C)CCOC2)nc1. The third kappa shape index (κ3) is 2.01. The van der Waals surface area contributed by atoms with Crippen molar-refractivity contribution in [2.45, 2.75) is 25.8 Å². The number of hydrogen-bond acceptors (Lipinski definition) is 4. The third-order valence-electron chi connectivity index (χ3n) is 2.41. The van der Waals surface area contributed by atoms with E-state index in [0.717, 1.165) is 25.2 Å². The van der Waals surface area contributed by atoms with E-state index in [1.54, 1.807) is 0 Å². The minimum absolute atomic E-state index is 0.00470. The molecule has 76 valence electrons. The van der Waals surface area contributed by atoms with E-state index in [1.807, 2.05) is 19.3 Å². The molecule has 0 spiro atoms. The van der Waals surface area contributed by atoms with E-state index in [4.69, 9.17) is 4.74 Å². The molecular weight excluding hydrogens is 178 g/mol. The Morgan fingerprint density at radius 2 is 2.14 bits per heavy atom. The van der Waals surface area contributed by atoms with Crippen LogP contribution in [0.1, 0.15) is 18.9 Å². The second-order valence-electron chi connectivity index (χ2n) is 4.07. The van der Waals surface area contributed by atoms with Crippen LogP contribution < -0.4 is 5.32 Å². The highest BCUT2D eigenvalue weighted by molar-refractivity contribution is 5.29. The third-order valence-corrected chi connectivity index (χ3v) is 2.41. The Labute approximate surface area is 83.7 Å². The predicted molar refractivity (Wildman–Crippen MR) is 54.2 cm³/mol. The van der Waals surface area contributed by atoms with Crippen LogP contribution in [-0.2, 0) is 4.74 Å². The molecule has 1 aliphatic heterocycles. The van der Waals surface area contributed by atoms with Gasteiger partial charge in [-0.05, 0) is 25.8 Å². The summed E-state index contributed by atoms with van der Waals surface area (Å²) in [4.78, 5) is 8.42. The first-order valence-corrected chi connectivity index (χ1v) is 4.83. The summed E-state index contributed by atoms with van der Waals surface area (Å²) in [6.07, 6.45) is 4.63. The summed E-state index contributed by atoms with van der Waals surface area (Å²) >= 11 is 0. The highest BCUT2D eigenvalue weighted by atomic mass is 16.5. The molecule has 1 atom stereocenters. The number of aryl methyl sites for hydroxylation is 1. The molecule has 0 bridgehead atoms. The van der Waals surface area contributed by atoms with Crippen LogP contribution in [0.3, 0.4) is 0 Å². The first kappa shape index (κ1) is 9.40. The summed E-state index contributed by atoms with van der Waals surface area (Å²) in [5.41, 5.74) is 1.07. The first-order valence-electron chi connectivity index (χ1n) is 4.83. The molecule has 0 saturated carbocycles. The van der Waals surface area contributed by atoms with Crippen molar-refractivity contribution < 1.29 is 4.74 Å². The molecule has 1 aliphatic rings. The smallest absolute Gasteiger partial charge is 0.223 e. The van der Waals surface area contributed by atoms with Gasteiger partial charge in [0.05, 0.1) is 12.1 Å². The van der Waals surface area contributed by atoms with Crippen molar-refractivity contribution in [3.05, 3.63) is 18.0 Å².